The quantitative estimate of drug-likeness (QED) is 0.839. The van der Waals surface area contributed by atoms with Crippen molar-refractivity contribution in [3.8, 4) is 5.75 Å². The lowest BCUT2D eigenvalue weighted by molar-refractivity contribution is 0.184. The van der Waals surface area contributed by atoms with Crippen molar-refractivity contribution in [3.05, 3.63) is 65.2 Å². The van der Waals surface area contributed by atoms with Gasteiger partial charge in [-0.2, -0.15) is 0 Å². The van der Waals surface area contributed by atoms with E-state index >= 15 is 0 Å². The molecule has 0 saturated heterocycles. The number of rotatable bonds is 7. The minimum absolute atomic E-state index is 0.578. The second-order valence-electron chi connectivity index (χ2n) is 4.67. The topological polar surface area (TPSA) is 30.5 Å². The van der Waals surface area contributed by atoms with Gasteiger partial charge in [-0.15, -0.1) is 0 Å². The van der Waals surface area contributed by atoms with Crippen LogP contribution >= 0.6 is 0 Å². The normalized spacial score (nSPS) is 10.5. The second kappa shape index (κ2) is 7.68. The average Bonchev–Trinajstić information content (AvgIpc) is 2.47. The number of methoxy groups -OCH3 is 1. The Labute approximate surface area is 120 Å². The summed E-state index contributed by atoms with van der Waals surface area (Å²) in [6.45, 7) is 2.03. The van der Waals surface area contributed by atoms with Gasteiger partial charge < -0.3 is 14.8 Å². The van der Waals surface area contributed by atoms with Crippen LogP contribution in [0, 0.1) is 0 Å². The summed E-state index contributed by atoms with van der Waals surface area (Å²) in [7, 11) is 3.65. The van der Waals surface area contributed by atoms with E-state index in [-0.39, 0.29) is 0 Å². The first kappa shape index (κ1) is 14.6. The summed E-state index contributed by atoms with van der Waals surface area (Å²) in [5.74, 6) is 0.874. The Balaban J connectivity index is 2.03. The molecule has 0 unspecified atom stereocenters. The Bertz CT molecular complexity index is 540. The molecule has 0 amide bonds. The van der Waals surface area contributed by atoms with Gasteiger partial charge in [-0.25, -0.2) is 0 Å². The first-order chi connectivity index (χ1) is 9.83. The van der Waals surface area contributed by atoms with Gasteiger partial charge in [0.2, 0.25) is 0 Å². The lowest BCUT2D eigenvalue weighted by atomic mass is 10.1. The third-order valence-corrected chi connectivity index (χ3v) is 3.09. The van der Waals surface area contributed by atoms with Crippen LogP contribution in [0.4, 0.5) is 0 Å². The molecule has 3 heteroatoms. The smallest absolute Gasteiger partial charge is 0.120 e. The number of nitrogens with one attached hydrogen (secondary N) is 1. The highest BCUT2D eigenvalue weighted by Crippen LogP contribution is 2.17. The maximum atomic E-state index is 5.88. The molecule has 3 nitrogen and oxygen atoms in total. The molecule has 0 aliphatic carbocycles. The number of ether oxygens (including phenoxy) is 2. The van der Waals surface area contributed by atoms with Gasteiger partial charge in [-0.05, 0) is 35.9 Å². The molecule has 2 aromatic carbocycles. The van der Waals surface area contributed by atoms with Crippen LogP contribution in [0.15, 0.2) is 48.5 Å². The van der Waals surface area contributed by atoms with E-state index in [0.717, 1.165) is 17.9 Å². The molecular weight excluding hydrogens is 250 g/mol. The Morgan fingerprint density at radius 2 is 1.75 bits per heavy atom. The molecule has 0 aliphatic heterocycles. The number of benzene rings is 2. The largest absolute Gasteiger partial charge is 0.489 e. The molecule has 2 rings (SSSR count). The molecule has 2 aromatic rings. The summed E-state index contributed by atoms with van der Waals surface area (Å²) in [5.41, 5.74) is 3.59. The molecule has 1 N–H and O–H groups in total. The van der Waals surface area contributed by atoms with Crippen LogP contribution in [0.2, 0.25) is 0 Å². The summed E-state index contributed by atoms with van der Waals surface area (Å²) < 4.78 is 11.0. The van der Waals surface area contributed by atoms with Gasteiger partial charge in [0.15, 0.2) is 0 Å². The Kier molecular flexibility index (Phi) is 5.59. The molecule has 0 aromatic heterocycles. The second-order valence-corrected chi connectivity index (χ2v) is 4.67. The van der Waals surface area contributed by atoms with Crippen molar-refractivity contribution in [1.29, 1.82) is 0 Å². The fraction of sp³-hybridized carbons (Fsp3) is 0.294. The molecule has 0 spiro atoms. The van der Waals surface area contributed by atoms with Gasteiger partial charge in [0.25, 0.3) is 0 Å². The highest BCUT2D eigenvalue weighted by molar-refractivity contribution is 5.30. The predicted octanol–water partition coefficient (Wildman–Crippen LogP) is 3.13. The first-order valence-corrected chi connectivity index (χ1v) is 6.75. The van der Waals surface area contributed by atoms with Gasteiger partial charge in [-0.3, -0.25) is 0 Å². The van der Waals surface area contributed by atoms with Crippen LogP contribution < -0.4 is 10.1 Å². The summed E-state index contributed by atoms with van der Waals surface area (Å²) >= 11 is 0. The van der Waals surface area contributed by atoms with E-state index in [2.05, 4.69) is 23.5 Å². The molecule has 20 heavy (non-hydrogen) atoms. The van der Waals surface area contributed by atoms with Crippen molar-refractivity contribution in [2.24, 2.45) is 0 Å². The monoisotopic (exact) mass is 271 g/mol. The standard InChI is InChI=1S/C17H21NO2/c1-18-11-15-7-3-4-8-16(15)13-20-17-9-5-6-14(10-17)12-19-2/h3-10,18H,11-13H2,1-2H3. The third kappa shape index (κ3) is 4.08. The zero-order valence-electron chi connectivity index (χ0n) is 12.1. The van der Waals surface area contributed by atoms with Crippen molar-refractivity contribution in [2.45, 2.75) is 19.8 Å². The summed E-state index contributed by atoms with van der Waals surface area (Å²) in [5, 5.41) is 3.18. The lowest BCUT2D eigenvalue weighted by Crippen LogP contribution is -2.09. The van der Waals surface area contributed by atoms with E-state index in [1.54, 1.807) is 7.11 Å². The van der Waals surface area contributed by atoms with E-state index in [1.165, 1.54) is 11.1 Å². The highest BCUT2D eigenvalue weighted by atomic mass is 16.5. The molecule has 0 aliphatic rings. The third-order valence-electron chi connectivity index (χ3n) is 3.09. The Hall–Kier alpha value is -1.84. The van der Waals surface area contributed by atoms with Crippen molar-refractivity contribution in [2.75, 3.05) is 14.2 Å². The molecule has 0 atom stereocenters. The summed E-state index contributed by atoms with van der Waals surface area (Å²) in [6.07, 6.45) is 0. The molecule has 0 radical (unpaired) electrons. The molecule has 106 valence electrons. The van der Waals surface area contributed by atoms with E-state index < -0.39 is 0 Å². The molecule has 0 heterocycles. The van der Waals surface area contributed by atoms with Gasteiger partial charge >= 0.3 is 0 Å². The van der Waals surface area contributed by atoms with Crippen molar-refractivity contribution in [3.63, 3.8) is 0 Å². The van der Waals surface area contributed by atoms with E-state index in [9.17, 15) is 0 Å². The molecular formula is C17H21NO2. The van der Waals surface area contributed by atoms with Crippen LogP contribution in [0.1, 0.15) is 16.7 Å². The van der Waals surface area contributed by atoms with E-state index in [1.807, 2.05) is 37.4 Å². The van der Waals surface area contributed by atoms with Crippen LogP contribution in [0.5, 0.6) is 5.75 Å². The average molecular weight is 271 g/mol. The summed E-state index contributed by atoms with van der Waals surface area (Å²) in [6, 6.07) is 16.3. The van der Waals surface area contributed by atoms with Gasteiger partial charge in [0, 0.05) is 13.7 Å². The fourth-order valence-corrected chi connectivity index (χ4v) is 2.11. The maximum absolute atomic E-state index is 5.88. The maximum Gasteiger partial charge on any atom is 0.120 e. The van der Waals surface area contributed by atoms with E-state index in [4.69, 9.17) is 9.47 Å². The first-order valence-electron chi connectivity index (χ1n) is 6.75. The molecule has 0 bridgehead atoms. The minimum atomic E-state index is 0.578. The predicted molar refractivity (Wildman–Crippen MR) is 80.7 cm³/mol. The number of hydrogen-bond acceptors (Lipinski definition) is 3. The molecule has 0 saturated carbocycles. The summed E-state index contributed by atoms with van der Waals surface area (Å²) in [4.78, 5) is 0. The zero-order valence-corrected chi connectivity index (χ0v) is 12.1. The SMILES string of the molecule is CNCc1ccccc1COc1cccc(COC)c1. The number of hydrogen-bond donors (Lipinski definition) is 1. The fourth-order valence-electron chi connectivity index (χ4n) is 2.11. The van der Waals surface area contributed by atoms with Crippen molar-refractivity contribution < 1.29 is 9.47 Å². The van der Waals surface area contributed by atoms with Gasteiger partial charge in [0.05, 0.1) is 6.61 Å². The zero-order chi connectivity index (χ0) is 14.2. The van der Waals surface area contributed by atoms with Crippen LogP contribution in [-0.2, 0) is 24.5 Å². The van der Waals surface area contributed by atoms with Gasteiger partial charge in [0.1, 0.15) is 12.4 Å². The van der Waals surface area contributed by atoms with E-state index in [0.29, 0.717) is 13.2 Å². The Morgan fingerprint density at radius 1 is 0.950 bits per heavy atom. The minimum Gasteiger partial charge on any atom is -0.489 e. The lowest BCUT2D eigenvalue weighted by Gasteiger charge is -2.11. The van der Waals surface area contributed by atoms with Crippen LogP contribution in [-0.4, -0.2) is 14.2 Å². The van der Waals surface area contributed by atoms with Crippen LogP contribution in [0.3, 0.4) is 0 Å². The van der Waals surface area contributed by atoms with Crippen LogP contribution in [0.25, 0.3) is 0 Å². The van der Waals surface area contributed by atoms with Crippen molar-refractivity contribution in [1.82, 2.24) is 5.32 Å². The molecule has 0 fully saturated rings. The van der Waals surface area contributed by atoms with Crippen molar-refractivity contribution >= 4 is 0 Å². The Morgan fingerprint density at radius 3 is 2.50 bits per heavy atom. The highest BCUT2D eigenvalue weighted by Gasteiger charge is 2.02. The van der Waals surface area contributed by atoms with Gasteiger partial charge in [-0.1, -0.05) is 36.4 Å².